The van der Waals surface area contributed by atoms with Crippen molar-refractivity contribution >= 4 is 15.5 Å². The van der Waals surface area contributed by atoms with Gasteiger partial charge in [-0.2, -0.15) is 0 Å². The summed E-state index contributed by atoms with van der Waals surface area (Å²) >= 11 is 0. The molecule has 1 atom stereocenters. The summed E-state index contributed by atoms with van der Waals surface area (Å²) in [4.78, 5) is 0.309. The Bertz CT molecular complexity index is 488. The lowest BCUT2D eigenvalue weighted by molar-refractivity contribution is 0.182. The second-order valence-corrected chi connectivity index (χ2v) is 6.48. The van der Waals surface area contributed by atoms with Gasteiger partial charge in [-0.15, -0.1) is 0 Å². The van der Waals surface area contributed by atoms with Crippen LogP contribution in [0.5, 0.6) is 0 Å². The molecule has 0 aliphatic carbocycles. The van der Waals surface area contributed by atoms with Crippen LogP contribution in [0.1, 0.15) is 12.8 Å². The maximum absolute atomic E-state index is 11.7. The Morgan fingerprint density at radius 3 is 2.63 bits per heavy atom. The normalized spacial score (nSPS) is 13.2. The van der Waals surface area contributed by atoms with Gasteiger partial charge in [0.2, 0.25) is 0 Å². The minimum absolute atomic E-state index is 0.0523. The van der Waals surface area contributed by atoms with Crippen LogP contribution in [0.4, 0.5) is 5.69 Å². The molecule has 1 unspecified atom stereocenters. The highest BCUT2D eigenvalue weighted by Gasteiger charge is 2.15. The molecule has 0 radical (unpaired) electrons. The van der Waals surface area contributed by atoms with Crippen LogP contribution < -0.4 is 11.1 Å². The molecule has 19 heavy (non-hydrogen) atoms. The molecule has 1 aromatic carbocycles. The van der Waals surface area contributed by atoms with E-state index in [1.54, 1.807) is 25.3 Å². The van der Waals surface area contributed by atoms with Gasteiger partial charge >= 0.3 is 0 Å². The average molecular weight is 286 g/mol. The molecule has 0 amide bonds. The van der Waals surface area contributed by atoms with Gasteiger partial charge in [0, 0.05) is 19.4 Å². The quantitative estimate of drug-likeness (QED) is 0.752. The van der Waals surface area contributed by atoms with Gasteiger partial charge in [0.05, 0.1) is 17.2 Å². The zero-order valence-electron chi connectivity index (χ0n) is 11.4. The number of nitrogens with one attached hydrogen (secondary N) is 1. The molecule has 3 N–H and O–H groups in total. The highest BCUT2D eigenvalue weighted by molar-refractivity contribution is 7.90. The van der Waals surface area contributed by atoms with Gasteiger partial charge in [-0.05, 0) is 31.5 Å². The Morgan fingerprint density at radius 1 is 1.37 bits per heavy atom. The number of hydrogen-bond donors (Lipinski definition) is 2. The summed E-state index contributed by atoms with van der Waals surface area (Å²) in [7, 11) is -1.62. The number of methoxy groups -OCH3 is 1. The smallest absolute Gasteiger partial charge is 0.177 e. The molecule has 0 aliphatic heterocycles. The second-order valence-electron chi connectivity index (χ2n) is 4.50. The molecule has 0 fully saturated rings. The first-order chi connectivity index (χ1) is 8.99. The Kier molecular flexibility index (Phi) is 6.27. The van der Waals surface area contributed by atoms with Crippen molar-refractivity contribution in [3.63, 3.8) is 0 Å². The van der Waals surface area contributed by atoms with Gasteiger partial charge in [-0.3, -0.25) is 0 Å². The summed E-state index contributed by atoms with van der Waals surface area (Å²) in [5, 5.41) is 3.23. The van der Waals surface area contributed by atoms with Crippen molar-refractivity contribution < 1.29 is 13.2 Å². The van der Waals surface area contributed by atoms with Gasteiger partial charge in [0.1, 0.15) is 0 Å². The molecular formula is C13H22N2O3S. The molecule has 0 aromatic heterocycles. The number of benzene rings is 1. The topological polar surface area (TPSA) is 81.4 Å². The number of ether oxygens (including phenoxy) is 1. The maximum Gasteiger partial charge on any atom is 0.177 e. The van der Waals surface area contributed by atoms with Crippen LogP contribution in [0.3, 0.4) is 0 Å². The minimum Gasteiger partial charge on any atom is -0.383 e. The zero-order valence-corrected chi connectivity index (χ0v) is 12.2. The Labute approximate surface area is 115 Å². The van der Waals surface area contributed by atoms with Crippen molar-refractivity contribution in [2.75, 3.05) is 31.8 Å². The number of nitrogens with two attached hydrogens (primary N) is 1. The standard InChI is InChI=1S/C13H22N2O3S/c1-18-10-11(6-5-9-14)15-12-7-3-4-8-13(12)19(2,16)17/h3-4,7-8,11,15H,5-6,9-10,14H2,1-2H3. The van der Waals surface area contributed by atoms with E-state index in [-0.39, 0.29) is 6.04 Å². The molecule has 108 valence electrons. The van der Waals surface area contributed by atoms with Gasteiger partial charge in [-0.1, -0.05) is 12.1 Å². The molecule has 6 heteroatoms. The van der Waals surface area contributed by atoms with E-state index in [4.69, 9.17) is 10.5 Å². The predicted octanol–water partition coefficient (Wildman–Crippen LogP) is 1.26. The fourth-order valence-corrected chi connectivity index (χ4v) is 2.74. The van der Waals surface area contributed by atoms with Crippen molar-refractivity contribution in [3.8, 4) is 0 Å². The molecule has 0 bridgehead atoms. The largest absolute Gasteiger partial charge is 0.383 e. The van der Waals surface area contributed by atoms with Crippen molar-refractivity contribution in [2.45, 2.75) is 23.8 Å². The van der Waals surface area contributed by atoms with E-state index < -0.39 is 9.84 Å². The summed E-state index contributed by atoms with van der Waals surface area (Å²) < 4.78 is 28.6. The Hall–Kier alpha value is -1.11. The summed E-state index contributed by atoms with van der Waals surface area (Å²) in [5.41, 5.74) is 6.12. The van der Waals surface area contributed by atoms with E-state index in [9.17, 15) is 8.42 Å². The second kappa shape index (κ2) is 7.47. The van der Waals surface area contributed by atoms with Crippen LogP contribution in [0.25, 0.3) is 0 Å². The van der Waals surface area contributed by atoms with Crippen molar-refractivity contribution in [1.29, 1.82) is 0 Å². The van der Waals surface area contributed by atoms with Crippen LogP contribution in [-0.2, 0) is 14.6 Å². The number of hydrogen-bond acceptors (Lipinski definition) is 5. The molecule has 0 aliphatic rings. The van der Waals surface area contributed by atoms with Crippen LogP contribution in [-0.4, -0.2) is 41.0 Å². The van der Waals surface area contributed by atoms with Crippen LogP contribution in [0.2, 0.25) is 0 Å². The average Bonchev–Trinajstić information content (AvgIpc) is 2.35. The third-order valence-corrected chi connectivity index (χ3v) is 3.93. The molecule has 0 saturated carbocycles. The van der Waals surface area contributed by atoms with Crippen molar-refractivity contribution in [3.05, 3.63) is 24.3 Å². The summed E-state index contributed by atoms with van der Waals surface area (Å²) in [6, 6.07) is 6.94. The van der Waals surface area contributed by atoms with E-state index in [2.05, 4.69) is 5.32 Å². The first kappa shape index (κ1) is 15.9. The molecule has 0 heterocycles. The van der Waals surface area contributed by atoms with Gasteiger partial charge in [0.15, 0.2) is 9.84 Å². The maximum atomic E-state index is 11.7. The molecular weight excluding hydrogens is 264 g/mol. The number of sulfone groups is 1. The lowest BCUT2D eigenvalue weighted by Gasteiger charge is -2.20. The van der Waals surface area contributed by atoms with Crippen molar-refractivity contribution in [2.24, 2.45) is 5.73 Å². The van der Waals surface area contributed by atoms with E-state index in [1.807, 2.05) is 6.07 Å². The third kappa shape index (κ3) is 5.18. The van der Waals surface area contributed by atoms with Crippen LogP contribution in [0.15, 0.2) is 29.2 Å². The first-order valence-electron chi connectivity index (χ1n) is 6.23. The molecule has 1 aromatic rings. The van der Waals surface area contributed by atoms with Gasteiger partial charge < -0.3 is 15.8 Å². The fourth-order valence-electron chi connectivity index (χ4n) is 1.89. The number of rotatable bonds is 8. The van der Waals surface area contributed by atoms with E-state index in [0.29, 0.717) is 23.7 Å². The fraction of sp³-hybridized carbons (Fsp3) is 0.538. The summed E-state index contributed by atoms with van der Waals surface area (Å²) in [6.45, 7) is 1.12. The summed E-state index contributed by atoms with van der Waals surface area (Å²) in [6.07, 6.45) is 2.91. The minimum atomic E-state index is -3.24. The van der Waals surface area contributed by atoms with Gasteiger partial charge in [0.25, 0.3) is 0 Å². The molecule has 0 spiro atoms. The molecule has 5 nitrogen and oxygen atoms in total. The van der Waals surface area contributed by atoms with E-state index in [1.165, 1.54) is 6.26 Å². The van der Waals surface area contributed by atoms with E-state index >= 15 is 0 Å². The summed E-state index contributed by atoms with van der Waals surface area (Å²) in [5.74, 6) is 0. The first-order valence-corrected chi connectivity index (χ1v) is 8.12. The monoisotopic (exact) mass is 286 g/mol. The lowest BCUT2D eigenvalue weighted by Crippen LogP contribution is -2.26. The van der Waals surface area contributed by atoms with E-state index in [0.717, 1.165) is 12.8 Å². The highest BCUT2D eigenvalue weighted by Crippen LogP contribution is 2.22. The van der Waals surface area contributed by atoms with Crippen LogP contribution in [0, 0.1) is 0 Å². The molecule has 1 rings (SSSR count). The third-order valence-electron chi connectivity index (χ3n) is 2.77. The zero-order chi connectivity index (χ0) is 14.3. The van der Waals surface area contributed by atoms with Gasteiger partial charge in [-0.25, -0.2) is 8.42 Å². The highest BCUT2D eigenvalue weighted by atomic mass is 32.2. The Balaban J connectivity index is 2.90. The lowest BCUT2D eigenvalue weighted by atomic mass is 10.1. The Morgan fingerprint density at radius 2 is 2.05 bits per heavy atom. The molecule has 0 saturated heterocycles. The number of anilines is 1. The number of para-hydroxylation sites is 1. The van der Waals surface area contributed by atoms with Crippen molar-refractivity contribution in [1.82, 2.24) is 0 Å². The van der Waals surface area contributed by atoms with Crippen LogP contribution >= 0.6 is 0 Å². The predicted molar refractivity (Wildman–Crippen MR) is 77.1 cm³/mol. The SMILES string of the molecule is COCC(CCCN)Nc1ccccc1S(C)(=O)=O.